The van der Waals surface area contributed by atoms with Gasteiger partial charge in [-0.25, -0.2) is 4.98 Å². The third-order valence-electron chi connectivity index (χ3n) is 3.25. The summed E-state index contributed by atoms with van der Waals surface area (Å²) in [5.41, 5.74) is 0.870. The number of nitrogens with one attached hydrogen (secondary N) is 1. The SMILES string of the molecule is O=C(NCCC1CSC1)c1sc(-c2cccnc2)nc1Cl. The van der Waals surface area contributed by atoms with Crippen LogP contribution in [0.25, 0.3) is 10.6 Å². The zero-order valence-electron chi connectivity index (χ0n) is 11.2. The highest BCUT2D eigenvalue weighted by Gasteiger charge is 2.20. The van der Waals surface area contributed by atoms with E-state index in [-0.39, 0.29) is 11.1 Å². The van der Waals surface area contributed by atoms with Gasteiger partial charge < -0.3 is 5.32 Å². The van der Waals surface area contributed by atoms with E-state index in [1.54, 1.807) is 12.4 Å². The summed E-state index contributed by atoms with van der Waals surface area (Å²) in [6.45, 7) is 0.695. The number of thiazole rings is 1. The number of hydrogen-bond donors (Lipinski definition) is 1. The van der Waals surface area contributed by atoms with E-state index in [1.165, 1.54) is 22.8 Å². The normalized spacial score (nSPS) is 14.7. The van der Waals surface area contributed by atoms with Crippen LogP contribution in [-0.2, 0) is 0 Å². The molecule has 1 amide bonds. The fraction of sp³-hybridized carbons (Fsp3) is 0.357. The van der Waals surface area contributed by atoms with E-state index in [4.69, 9.17) is 11.6 Å². The van der Waals surface area contributed by atoms with Gasteiger partial charge in [0.25, 0.3) is 5.91 Å². The average molecular weight is 340 g/mol. The lowest BCUT2D eigenvalue weighted by atomic mass is 10.1. The Bertz CT molecular complexity index is 628. The Morgan fingerprint density at radius 3 is 3.00 bits per heavy atom. The van der Waals surface area contributed by atoms with Gasteiger partial charge in [0.1, 0.15) is 9.88 Å². The molecule has 0 atom stereocenters. The molecule has 1 aliphatic heterocycles. The van der Waals surface area contributed by atoms with Crippen LogP contribution in [0.5, 0.6) is 0 Å². The van der Waals surface area contributed by atoms with Gasteiger partial charge in [-0.05, 0) is 36.0 Å². The van der Waals surface area contributed by atoms with E-state index in [0.29, 0.717) is 16.4 Å². The summed E-state index contributed by atoms with van der Waals surface area (Å²) >= 11 is 9.34. The van der Waals surface area contributed by atoms with Crippen molar-refractivity contribution in [3.05, 3.63) is 34.6 Å². The monoisotopic (exact) mass is 339 g/mol. The van der Waals surface area contributed by atoms with Crippen LogP contribution >= 0.6 is 34.7 Å². The number of aromatic nitrogens is 2. The maximum Gasteiger partial charge on any atom is 0.264 e. The highest BCUT2D eigenvalue weighted by Crippen LogP contribution is 2.30. The zero-order valence-corrected chi connectivity index (χ0v) is 13.6. The molecule has 0 radical (unpaired) electrons. The van der Waals surface area contributed by atoms with Crippen LogP contribution in [0.2, 0.25) is 5.15 Å². The standard InChI is InChI=1S/C14H14ClN3OS2/c15-12-11(13(19)17-5-3-9-7-20-8-9)21-14(18-12)10-2-1-4-16-6-10/h1-2,4,6,9H,3,5,7-8H2,(H,17,19). The Labute approximate surface area is 136 Å². The predicted octanol–water partition coefficient (Wildman–Crippen LogP) is 3.34. The second-order valence-electron chi connectivity index (χ2n) is 4.83. The van der Waals surface area contributed by atoms with Crippen LogP contribution in [0.1, 0.15) is 16.1 Å². The first-order valence-corrected chi connectivity index (χ1v) is 9.01. The highest BCUT2D eigenvalue weighted by molar-refractivity contribution is 8.00. The molecule has 0 spiro atoms. The fourth-order valence-corrected chi connectivity index (χ4v) is 4.08. The number of pyridine rings is 1. The molecule has 1 N–H and O–H groups in total. The molecule has 110 valence electrons. The van der Waals surface area contributed by atoms with Gasteiger partial charge in [-0.15, -0.1) is 11.3 Å². The molecule has 0 aliphatic carbocycles. The van der Waals surface area contributed by atoms with E-state index >= 15 is 0 Å². The van der Waals surface area contributed by atoms with Gasteiger partial charge in [0.05, 0.1) is 0 Å². The van der Waals surface area contributed by atoms with Gasteiger partial charge in [0.2, 0.25) is 0 Å². The molecule has 1 fully saturated rings. The minimum absolute atomic E-state index is 0.139. The lowest BCUT2D eigenvalue weighted by molar-refractivity contribution is 0.0956. The van der Waals surface area contributed by atoms with E-state index in [0.717, 1.165) is 17.9 Å². The predicted molar refractivity (Wildman–Crippen MR) is 88.1 cm³/mol. The number of hydrogen-bond acceptors (Lipinski definition) is 5. The second kappa shape index (κ2) is 6.77. The number of carbonyl (C=O) groups excluding carboxylic acids is 1. The number of thioether (sulfide) groups is 1. The van der Waals surface area contributed by atoms with Crippen molar-refractivity contribution < 1.29 is 4.79 Å². The van der Waals surface area contributed by atoms with Gasteiger partial charge in [-0.3, -0.25) is 9.78 Å². The number of carbonyl (C=O) groups is 1. The van der Waals surface area contributed by atoms with Crippen LogP contribution in [0.3, 0.4) is 0 Å². The molecule has 3 heterocycles. The molecule has 2 aromatic heterocycles. The van der Waals surface area contributed by atoms with Crippen molar-refractivity contribution in [3.8, 4) is 10.6 Å². The van der Waals surface area contributed by atoms with Crippen molar-refractivity contribution in [2.45, 2.75) is 6.42 Å². The third kappa shape index (κ3) is 3.56. The van der Waals surface area contributed by atoms with E-state index < -0.39 is 0 Å². The summed E-state index contributed by atoms with van der Waals surface area (Å²) in [6.07, 6.45) is 4.45. The lowest BCUT2D eigenvalue weighted by Gasteiger charge is -2.24. The molecule has 1 aliphatic rings. The molecule has 0 saturated carbocycles. The van der Waals surface area contributed by atoms with E-state index in [2.05, 4.69) is 15.3 Å². The summed E-state index contributed by atoms with van der Waals surface area (Å²) in [4.78, 5) is 20.9. The number of halogens is 1. The number of nitrogens with zero attached hydrogens (tertiary/aromatic N) is 2. The van der Waals surface area contributed by atoms with Crippen LogP contribution in [-0.4, -0.2) is 33.9 Å². The number of rotatable bonds is 5. The minimum Gasteiger partial charge on any atom is -0.351 e. The molecular weight excluding hydrogens is 326 g/mol. The molecule has 0 aromatic carbocycles. The molecule has 0 unspecified atom stereocenters. The fourth-order valence-electron chi connectivity index (χ4n) is 1.98. The zero-order chi connectivity index (χ0) is 14.7. The van der Waals surface area contributed by atoms with Crippen LogP contribution in [0.4, 0.5) is 0 Å². The van der Waals surface area contributed by atoms with Crippen molar-refractivity contribution in [3.63, 3.8) is 0 Å². The Hall–Kier alpha value is -1.11. The second-order valence-corrected chi connectivity index (χ2v) is 7.26. The summed E-state index contributed by atoms with van der Waals surface area (Å²) in [7, 11) is 0. The molecule has 0 bridgehead atoms. The third-order valence-corrected chi connectivity index (χ3v) is 6.15. The van der Waals surface area contributed by atoms with E-state index in [1.807, 2.05) is 23.9 Å². The first-order valence-electron chi connectivity index (χ1n) is 6.66. The molecule has 1 saturated heterocycles. The van der Waals surface area contributed by atoms with Crippen LogP contribution in [0, 0.1) is 5.92 Å². The van der Waals surface area contributed by atoms with Gasteiger partial charge in [-0.1, -0.05) is 11.6 Å². The maximum atomic E-state index is 12.2. The summed E-state index contributed by atoms with van der Waals surface area (Å²) in [5.74, 6) is 3.03. The maximum absolute atomic E-state index is 12.2. The average Bonchev–Trinajstić information content (AvgIpc) is 2.84. The summed E-state index contributed by atoms with van der Waals surface area (Å²) in [6, 6.07) is 3.74. The molecule has 3 rings (SSSR count). The van der Waals surface area contributed by atoms with E-state index in [9.17, 15) is 4.79 Å². The molecular formula is C14H14ClN3OS2. The van der Waals surface area contributed by atoms with Gasteiger partial charge in [0, 0.05) is 24.5 Å². The van der Waals surface area contributed by atoms with Gasteiger partial charge in [-0.2, -0.15) is 11.8 Å². The van der Waals surface area contributed by atoms with Crippen molar-refractivity contribution >= 4 is 40.6 Å². The summed E-state index contributed by atoms with van der Waals surface area (Å²) < 4.78 is 0. The van der Waals surface area contributed by atoms with Crippen molar-refractivity contribution in [2.24, 2.45) is 5.92 Å². The molecule has 7 heteroatoms. The first-order chi connectivity index (χ1) is 10.2. The van der Waals surface area contributed by atoms with Crippen molar-refractivity contribution in [1.82, 2.24) is 15.3 Å². The van der Waals surface area contributed by atoms with Gasteiger partial charge in [0.15, 0.2) is 5.15 Å². The Kier molecular flexibility index (Phi) is 4.77. The molecule has 2 aromatic rings. The first kappa shape index (κ1) is 14.8. The van der Waals surface area contributed by atoms with Crippen LogP contribution in [0.15, 0.2) is 24.5 Å². The molecule has 21 heavy (non-hydrogen) atoms. The summed E-state index contributed by atoms with van der Waals surface area (Å²) in [5, 5.41) is 3.90. The van der Waals surface area contributed by atoms with Crippen molar-refractivity contribution in [2.75, 3.05) is 18.1 Å². The highest BCUT2D eigenvalue weighted by atomic mass is 35.5. The topological polar surface area (TPSA) is 54.9 Å². The number of amides is 1. The lowest BCUT2D eigenvalue weighted by Crippen LogP contribution is -2.28. The van der Waals surface area contributed by atoms with Crippen molar-refractivity contribution in [1.29, 1.82) is 0 Å². The smallest absolute Gasteiger partial charge is 0.264 e. The Morgan fingerprint density at radius 1 is 1.48 bits per heavy atom. The quantitative estimate of drug-likeness (QED) is 0.907. The largest absolute Gasteiger partial charge is 0.351 e. The molecule has 4 nitrogen and oxygen atoms in total. The van der Waals surface area contributed by atoms with Gasteiger partial charge >= 0.3 is 0 Å². The Morgan fingerprint density at radius 2 is 2.33 bits per heavy atom. The van der Waals surface area contributed by atoms with Crippen LogP contribution < -0.4 is 5.32 Å². The Balaban J connectivity index is 1.64. The minimum atomic E-state index is -0.139.